The van der Waals surface area contributed by atoms with Crippen LogP contribution in [-0.2, 0) is 4.74 Å². The van der Waals surface area contributed by atoms with Gasteiger partial charge in [0.15, 0.2) is 0 Å². The average Bonchev–Trinajstić information content (AvgIpc) is 2.37. The molecule has 1 unspecified atom stereocenters. The molecule has 2 saturated heterocycles. The Hall–Kier alpha value is -0.120. The molecular weight excluding hydrogens is 152 g/mol. The first kappa shape index (κ1) is 8.48. The van der Waals surface area contributed by atoms with Crippen LogP contribution < -0.4 is 11.1 Å². The van der Waals surface area contributed by atoms with E-state index in [1.54, 1.807) is 0 Å². The summed E-state index contributed by atoms with van der Waals surface area (Å²) in [7, 11) is 0. The molecule has 0 aromatic rings. The lowest BCUT2D eigenvalue weighted by atomic mass is 9.74. The van der Waals surface area contributed by atoms with Gasteiger partial charge in [-0.05, 0) is 32.9 Å². The van der Waals surface area contributed by atoms with E-state index in [2.05, 4.69) is 12.2 Å². The molecule has 12 heavy (non-hydrogen) atoms. The minimum Gasteiger partial charge on any atom is -0.376 e. The molecule has 2 aliphatic rings. The van der Waals surface area contributed by atoms with Gasteiger partial charge in [-0.2, -0.15) is 0 Å². The third kappa shape index (κ3) is 1.16. The normalized spacial score (nSPS) is 40.5. The fourth-order valence-corrected chi connectivity index (χ4v) is 2.40. The molecule has 1 spiro atoms. The molecule has 0 bridgehead atoms. The maximum absolute atomic E-state index is 6.14. The highest BCUT2D eigenvalue weighted by molar-refractivity contribution is 4.99. The molecule has 2 atom stereocenters. The summed E-state index contributed by atoms with van der Waals surface area (Å²) in [6, 6.07) is 0.250. The summed E-state index contributed by atoms with van der Waals surface area (Å²) in [6.07, 6.45) is 2.61. The standard InChI is InChI=1S/C9H18N2O/c1-7-8(10)9(6-12-7)2-4-11-5-3-9/h7-8,11H,2-6,10H2,1H3/t7?,8-/m1/s1. The Labute approximate surface area is 73.7 Å². The lowest BCUT2D eigenvalue weighted by Gasteiger charge is -2.36. The number of piperidine rings is 1. The maximum Gasteiger partial charge on any atom is 0.0704 e. The van der Waals surface area contributed by atoms with Gasteiger partial charge in [0, 0.05) is 11.5 Å². The summed E-state index contributed by atoms with van der Waals surface area (Å²) in [6.45, 7) is 5.16. The lowest BCUT2D eigenvalue weighted by Crippen LogP contribution is -2.49. The van der Waals surface area contributed by atoms with Crippen molar-refractivity contribution in [1.82, 2.24) is 5.32 Å². The van der Waals surface area contributed by atoms with Crippen molar-refractivity contribution in [3.63, 3.8) is 0 Å². The van der Waals surface area contributed by atoms with Gasteiger partial charge in [0.1, 0.15) is 0 Å². The molecule has 0 amide bonds. The SMILES string of the molecule is CC1OCC2(CCNCC2)[C@@H]1N. The van der Waals surface area contributed by atoms with Gasteiger partial charge in [0.2, 0.25) is 0 Å². The van der Waals surface area contributed by atoms with Gasteiger partial charge < -0.3 is 15.8 Å². The van der Waals surface area contributed by atoms with Crippen LogP contribution in [0.3, 0.4) is 0 Å². The van der Waals surface area contributed by atoms with Gasteiger partial charge >= 0.3 is 0 Å². The Morgan fingerprint density at radius 2 is 2.08 bits per heavy atom. The van der Waals surface area contributed by atoms with Crippen LogP contribution in [0.5, 0.6) is 0 Å². The zero-order valence-corrected chi connectivity index (χ0v) is 7.68. The average molecular weight is 170 g/mol. The molecule has 3 heteroatoms. The predicted octanol–water partition coefficient (Wildman–Crippen LogP) is 0.102. The van der Waals surface area contributed by atoms with Crippen molar-refractivity contribution in [1.29, 1.82) is 0 Å². The van der Waals surface area contributed by atoms with Crippen LogP contribution in [-0.4, -0.2) is 31.8 Å². The van der Waals surface area contributed by atoms with Crippen LogP contribution in [0.15, 0.2) is 0 Å². The highest BCUT2D eigenvalue weighted by Crippen LogP contribution is 2.39. The monoisotopic (exact) mass is 170 g/mol. The van der Waals surface area contributed by atoms with Gasteiger partial charge in [0.05, 0.1) is 12.7 Å². The minimum absolute atomic E-state index is 0.250. The summed E-state index contributed by atoms with van der Waals surface area (Å²) >= 11 is 0. The van der Waals surface area contributed by atoms with Crippen molar-refractivity contribution in [2.24, 2.45) is 11.1 Å². The van der Waals surface area contributed by atoms with Crippen molar-refractivity contribution >= 4 is 0 Å². The van der Waals surface area contributed by atoms with Crippen molar-refractivity contribution in [2.75, 3.05) is 19.7 Å². The van der Waals surface area contributed by atoms with Crippen molar-refractivity contribution in [3.05, 3.63) is 0 Å². The van der Waals surface area contributed by atoms with Crippen LogP contribution in [0, 0.1) is 5.41 Å². The minimum atomic E-state index is 0.250. The van der Waals surface area contributed by atoms with Crippen LogP contribution >= 0.6 is 0 Å². The second-order valence-corrected chi connectivity index (χ2v) is 4.15. The number of nitrogens with one attached hydrogen (secondary N) is 1. The highest BCUT2D eigenvalue weighted by atomic mass is 16.5. The molecule has 2 rings (SSSR count). The Bertz CT molecular complexity index is 160. The Morgan fingerprint density at radius 3 is 2.58 bits per heavy atom. The fourth-order valence-electron chi connectivity index (χ4n) is 2.40. The van der Waals surface area contributed by atoms with E-state index in [0.29, 0.717) is 5.41 Å². The zero-order chi connectivity index (χ0) is 8.60. The van der Waals surface area contributed by atoms with E-state index >= 15 is 0 Å². The molecule has 2 aliphatic heterocycles. The number of hydrogen-bond donors (Lipinski definition) is 2. The lowest BCUT2D eigenvalue weighted by molar-refractivity contribution is 0.0952. The fraction of sp³-hybridized carbons (Fsp3) is 1.00. The molecule has 0 saturated carbocycles. The number of hydrogen-bond acceptors (Lipinski definition) is 3. The first-order valence-corrected chi connectivity index (χ1v) is 4.82. The molecule has 2 heterocycles. The summed E-state index contributed by atoms with van der Waals surface area (Å²) in [5.74, 6) is 0. The van der Waals surface area contributed by atoms with Crippen LogP contribution in [0.2, 0.25) is 0 Å². The van der Waals surface area contributed by atoms with Gasteiger partial charge in [0.25, 0.3) is 0 Å². The van der Waals surface area contributed by atoms with Crippen LogP contribution in [0.25, 0.3) is 0 Å². The number of rotatable bonds is 0. The van der Waals surface area contributed by atoms with Gasteiger partial charge in [-0.1, -0.05) is 0 Å². The zero-order valence-electron chi connectivity index (χ0n) is 7.68. The summed E-state index contributed by atoms with van der Waals surface area (Å²) in [5.41, 5.74) is 6.43. The van der Waals surface area contributed by atoms with E-state index in [1.165, 1.54) is 12.8 Å². The van der Waals surface area contributed by atoms with Gasteiger partial charge in [-0.25, -0.2) is 0 Å². The Morgan fingerprint density at radius 1 is 1.42 bits per heavy atom. The second kappa shape index (κ2) is 2.98. The van der Waals surface area contributed by atoms with Crippen molar-refractivity contribution in [3.8, 4) is 0 Å². The van der Waals surface area contributed by atoms with E-state index in [-0.39, 0.29) is 12.1 Å². The van der Waals surface area contributed by atoms with E-state index in [9.17, 15) is 0 Å². The molecule has 2 fully saturated rings. The molecule has 0 radical (unpaired) electrons. The molecule has 70 valence electrons. The molecule has 0 aromatic heterocycles. The topological polar surface area (TPSA) is 47.3 Å². The number of nitrogens with two attached hydrogens (primary N) is 1. The molecule has 0 aliphatic carbocycles. The predicted molar refractivity (Wildman–Crippen MR) is 47.9 cm³/mol. The van der Waals surface area contributed by atoms with Crippen molar-refractivity contribution in [2.45, 2.75) is 31.9 Å². The smallest absolute Gasteiger partial charge is 0.0704 e. The molecule has 0 aromatic carbocycles. The number of ether oxygens (including phenoxy) is 1. The third-order valence-corrected chi connectivity index (χ3v) is 3.45. The van der Waals surface area contributed by atoms with Crippen LogP contribution in [0.4, 0.5) is 0 Å². The first-order chi connectivity index (χ1) is 5.75. The van der Waals surface area contributed by atoms with Crippen molar-refractivity contribution < 1.29 is 4.74 Å². The molecular formula is C9H18N2O. The second-order valence-electron chi connectivity index (χ2n) is 4.15. The summed E-state index contributed by atoms with van der Waals surface area (Å²) < 4.78 is 5.61. The summed E-state index contributed by atoms with van der Waals surface area (Å²) in [5, 5.41) is 3.36. The highest BCUT2D eigenvalue weighted by Gasteiger charge is 2.46. The van der Waals surface area contributed by atoms with Gasteiger partial charge in [-0.15, -0.1) is 0 Å². The molecule has 3 nitrogen and oxygen atoms in total. The first-order valence-electron chi connectivity index (χ1n) is 4.82. The maximum atomic E-state index is 6.14. The van der Waals surface area contributed by atoms with E-state index < -0.39 is 0 Å². The quantitative estimate of drug-likeness (QED) is 0.542. The van der Waals surface area contributed by atoms with Crippen LogP contribution in [0.1, 0.15) is 19.8 Å². The van der Waals surface area contributed by atoms with E-state index in [0.717, 1.165) is 19.7 Å². The Kier molecular flexibility index (Phi) is 2.10. The summed E-state index contributed by atoms with van der Waals surface area (Å²) in [4.78, 5) is 0. The molecule has 3 N–H and O–H groups in total. The third-order valence-electron chi connectivity index (χ3n) is 3.45. The van der Waals surface area contributed by atoms with E-state index in [1.807, 2.05) is 0 Å². The van der Waals surface area contributed by atoms with Gasteiger partial charge in [-0.3, -0.25) is 0 Å². The van der Waals surface area contributed by atoms with E-state index in [4.69, 9.17) is 10.5 Å². The Balaban J connectivity index is 2.09. The largest absolute Gasteiger partial charge is 0.376 e.